The van der Waals surface area contributed by atoms with Gasteiger partial charge in [-0.15, -0.1) is 16.4 Å². The van der Waals surface area contributed by atoms with Gasteiger partial charge >= 0.3 is 5.97 Å². The summed E-state index contributed by atoms with van der Waals surface area (Å²) in [6.45, 7) is -0.394. The number of ether oxygens (including phenoxy) is 1. The molecule has 6 nitrogen and oxygen atoms in total. The highest BCUT2D eigenvalue weighted by Gasteiger charge is 2.21. The summed E-state index contributed by atoms with van der Waals surface area (Å²) < 4.78 is 6.82. The van der Waals surface area contributed by atoms with Gasteiger partial charge in [-0.05, 0) is 24.3 Å². The molecule has 136 valence electrons. The van der Waals surface area contributed by atoms with Gasteiger partial charge in [-0.2, -0.15) is 4.68 Å². The average molecular weight is 441 g/mol. The zero-order valence-electron chi connectivity index (χ0n) is 13.3. The van der Waals surface area contributed by atoms with Crippen molar-refractivity contribution in [3.63, 3.8) is 0 Å². The largest absolute Gasteiger partial charge is 0.438 e. The van der Waals surface area contributed by atoms with Gasteiger partial charge in [-0.3, -0.25) is 4.79 Å². The Hall–Kier alpha value is -2.19. The number of nitrogens with zero attached hydrogens (tertiary/aromatic N) is 3. The number of hydrogen-bond donors (Lipinski definition) is 0. The first-order valence-electron chi connectivity index (χ1n) is 7.52. The lowest BCUT2D eigenvalue weighted by Crippen LogP contribution is -2.26. The summed E-state index contributed by atoms with van der Waals surface area (Å²) in [6, 6.07) is 9.97. The van der Waals surface area contributed by atoms with Crippen LogP contribution >= 0.6 is 46.1 Å². The van der Waals surface area contributed by atoms with E-state index in [1.165, 1.54) is 0 Å². The molecule has 2 heterocycles. The molecule has 2 aromatic carbocycles. The molecular formula is C17H8Cl3N3O3S. The van der Waals surface area contributed by atoms with Crippen LogP contribution in [0, 0.1) is 0 Å². The van der Waals surface area contributed by atoms with Gasteiger partial charge < -0.3 is 4.74 Å². The van der Waals surface area contributed by atoms with Crippen LogP contribution in [-0.2, 0) is 11.5 Å². The van der Waals surface area contributed by atoms with Crippen LogP contribution in [0.2, 0.25) is 15.1 Å². The van der Waals surface area contributed by atoms with E-state index < -0.39 is 18.3 Å². The fraction of sp³-hybridized carbons (Fsp3) is 0.0588. The van der Waals surface area contributed by atoms with Crippen molar-refractivity contribution in [1.82, 2.24) is 15.0 Å². The fourth-order valence-corrected chi connectivity index (χ4v) is 4.80. The number of hydrogen-bond acceptors (Lipinski definition) is 6. The highest BCUT2D eigenvalue weighted by Crippen LogP contribution is 2.41. The third kappa shape index (κ3) is 3.27. The van der Waals surface area contributed by atoms with Crippen LogP contribution in [0.3, 0.4) is 0 Å². The van der Waals surface area contributed by atoms with Crippen molar-refractivity contribution in [2.75, 3.05) is 0 Å². The summed E-state index contributed by atoms with van der Waals surface area (Å²) in [6.07, 6.45) is 0. The summed E-state index contributed by atoms with van der Waals surface area (Å²) in [7, 11) is 0. The van der Waals surface area contributed by atoms with E-state index >= 15 is 0 Å². The standard InChI is InChI=1S/C17H8Cl3N3O3S/c18-8-5-10(19)13-12(6-8)27-15(14(13)20)17(25)26-7-23-16(24)9-3-1-2-4-11(9)21-22-23/h1-6H,7H2. The highest BCUT2D eigenvalue weighted by molar-refractivity contribution is 7.21. The lowest BCUT2D eigenvalue weighted by atomic mass is 10.2. The molecule has 0 unspecified atom stereocenters. The molecule has 0 amide bonds. The quantitative estimate of drug-likeness (QED) is 0.429. The monoisotopic (exact) mass is 439 g/mol. The third-order valence-corrected chi connectivity index (χ3v) is 5.91. The molecule has 0 aliphatic heterocycles. The van der Waals surface area contributed by atoms with Crippen LogP contribution in [0.5, 0.6) is 0 Å². The maximum atomic E-state index is 12.4. The molecule has 4 aromatic rings. The van der Waals surface area contributed by atoms with Crippen molar-refractivity contribution >= 4 is 73.1 Å². The number of halogens is 3. The molecule has 0 radical (unpaired) electrons. The number of esters is 1. The van der Waals surface area contributed by atoms with Gasteiger partial charge in [-0.25, -0.2) is 4.79 Å². The molecule has 2 aromatic heterocycles. The molecule has 0 fully saturated rings. The minimum Gasteiger partial charge on any atom is -0.438 e. The minimum absolute atomic E-state index is 0.164. The predicted molar refractivity (Wildman–Crippen MR) is 106 cm³/mol. The molecule has 27 heavy (non-hydrogen) atoms. The van der Waals surface area contributed by atoms with Crippen LogP contribution in [0.15, 0.2) is 41.2 Å². The smallest absolute Gasteiger partial charge is 0.351 e. The number of aromatic nitrogens is 3. The number of fused-ring (bicyclic) bond motifs is 2. The van der Waals surface area contributed by atoms with E-state index in [0.29, 0.717) is 31.0 Å². The van der Waals surface area contributed by atoms with Gasteiger partial charge in [-0.1, -0.05) is 52.1 Å². The molecule has 0 atom stereocenters. The van der Waals surface area contributed by atoms with Crippen molar-refractivity contribution in [3.05, 3.63) is 66.7 Å². The van der Waals surface area contributed by atoms with Crippen molar-refractivity contribution < 1.29 is 9.53 Å². The molecule has 0 saturated carbocycles. The topological polar surface area (TPSA) is 74.1 Å². The first-order chi connectivity index (χ1) is 13.0. The van der Waals surface area contributed by atoms with Gasteiger partial charge in [0.1, 0.15) is 10.4 Å². The zero-order valence-corrected chi connectivity index (χ0v) is 16.4. The SMILES string of the molecule is O=C(OCn1nnc2ccccc2c1=O)c1sc2cc(Cl)cc(Cl)c2c1Cl. The first-order valence-corrected chi connectivity index (χ1v) is 9.47. The zero-order chi connectivity index (χ0) is 19.1. The van der Waals surface area contributed by atoms with Crippen LogP contribution < -0.4 is 5.56 Å². The summed E-state index contributed by atoms with van der Waals surface area (Å²) >= 11 is 19.5. The van der Waals surface area contributed by atoms with Crippen LogP contribution in [0.1, 0.15) is 9.67 Å². The Morgan fingerprint density at radius 1 is 1.19 bits per heavy atom. The summed E-state index contributed by atoms with van der Waals surface area (Å²) in [5.74, 6) is -0.699. The van der Waals surface area contributed by atoms with E-state index in [9.17, 15) is 9.59 Å². The summed E-state index contributed by atoms with van der Waals surface area (Å²) in [4.78, 5) is 25.0. The second-order valence-electron chi connectivity index (χ2n) is 5.48. The molecular weight excluding hydrogens is 433 g/mol. The summed E-state index contributed by atoms with van der Waals surface area (Å²) in [5.41, 5.74) is 0.0508. The molecule has 0 spiro atoms. The maximum Gasteiger partial charge on any atom is 0.351 e. The van der Waals surface area contributed by atoms with Crippen molar-refractivity contribution in [3.8, 4) is 0 Å². The molecule has 0 N–H and O–H groups in total. The number of benzene rings is 2. The van der Waals surface area contributed by atoms with Crippen molar-refractivity contribution in [2.24, 2.45) is 0 Å². The second-order valence-corrected chi connectivity index (χ2v) is 7.75. The Morgan fingerprint density at radius 3 is 2.78 bits per heavy atom. The van der Waals surface area contributed by atoms with Gasteiger partial charge in [0.25, 0.3) is 5.56 Å². The molecule has 0 aliphatic carbocycles. The number of thiophene rings is 1. The summed E-state index contributed by atoms with van der Waals surface area (Å²) in [5, 5.41) is 9.57. The number of rotatable bonds is 3. The van der Waals surface area contributed by atoms with Crippen molar-refractivity contribution in [2.45, 2.75) is 6.73 Å². The lowest BCUT2D eigenvalue weighted by molar-refractivity contribution is 0.0342. The van der Waals surface area contributed by atoms with E-state index in [-0.39, 0.29) is 9.90 Å². The van der Waals surface area contributed by atoms with Crippen LogP contribution in [-0.4, -0.2) is 21.0 Å². The first kappa shape index (κ1) is 18.2. The molecule has 4 rings (SSSR count). The lowest BCUT2D eigenvalue weighted by Gasteiger charge is -2.06. The van der Waals surface area contributed by atoms with Gasteiger partial charge in [0.2, 0.25) is 0 Å². The van der Waals surface area contributed by atoms with E-state index in [4.69, 9.17) is 39.5 Å². The van der Waals surface area contributed by atoms with Gasteiger partial charge in [0.05, 0.1) is 15.4 Å². The Kier molecular flexibility index (Phi) is 4.77. The van der Waals surface area contributed by atoms with Crippen LogP contribution in [0.25, 0.3) is 21.0 Å². The minimum atomic E-state index is -0.699. The van der Waals surface area contributed by atoms with Gasteiger partial charge in [0, 0.05) is 15.1 Å². The molecule has 10 heteroatoms. The Labute approximate surface area is 170 Å². The molecule has 0 bridgehead atoms. The fourth-order valence-electron chi connectivity index (χ4n) is 2.54. The Morgan fingerprint density at radius 2 is 1.96 bits per heavy atom. The predicted octanol–water partition coefficient (Wildman–Crippen LogP) is 4.78. The average Bonchev–Trinajstić information content (AvgIpc) is 2.98. The normalized spacial score (nSPS) is 11.2. The highest BCUT2D eigenvalue weighted by atomic mass is 35.5. The number of carbonyl (C=O) groups excluding carboxylic acids is 1. The van der Waals surface area contributed by atoms with Gasteiger partial charge in [0.15, 0.2) is 6.73 Å². The molecule has 0 saturated heterocycles. The van der Waals surface area contributed by atoms with Crippen molar-refractivity contribution in [1.29, 1.82) is 0 Å². The maximum absolute atomic E-state index is 12.4. The Balaban J connectivity index is 1.63. The van der Waals surface area contributed by atoms with E-state index in [1.54, 1.807) is 36.4 Å². The van der Waals surface area contributed by atoms with E-state index in [0.717, 1.165) is 16.0 Å². The van der Waals surface area contributed by atoms with Crippen LogP contribution in [0.4, 0.5) is 0 Å². The van der Waals surface area contributed by atoms with E-state index in [2.05, 4.69) is 10.3 Å². The third-order valence-electron chi connectivity index (χ3n) is 3.78. The number of carbonyl (C=O) groups is 1. The molecule has 0 aliphatic rings. The Bertz CT molecular complexity index is 1270. The second kappa shape index (κ2) is 7.09. The van der Waals surface area contributed by atoms with E-state index in [1.807, 2.05) is 0 Å².